The molecule has 0 saturated carbocycles. The summed E-state index contributed by atoms with van der Waals surface area (Å²) in [6, 6.07) is 0.0734. The quantitative estimate of drug-likeness (QED) is 0.775. The van der Waals surface area contributed by atoms with E-state index in [0.29, 0.717) is 38.2 Å². The van der Waals surface area contributed by atoms with E-state index in [2.05, 4.69) is 19.0 Å². The summed E-state index contributed by atoms with van der Waals surface area (Å²) in [7, 11) is -3.72. The highest BCUT2D eigenvalue weighted by Gasteiger charge is 2.40. The predicted octanol–water partition coefficient (Wildman–Crippen LogP) is 1.70. The number of aromatic nitrogens is 1. The fourth-order valence-electron chi connectivity index (χ4n) is 4.15. The van der Waals surface area contributed by atoms with Crippen LogP contribution >= 0.6 is 12.4 Å². The molecule has 0 spiro atoms. The fourth-order valence-corrected chi connectivity index (χ4v) is 5.97. The van der Waals surface area contributed by atoms with Gasteiger partial charge < -0.3 is 15.2 Å². The van der Waals surface area contributed by atoms with Gasteiger partial charge in [-0.1, -0.05) is 19.0 Å². The van der Waals surface area contributed by atoms with E-state index < -0.39 is 10.0 Å². The molecule has 8 nitrogen and oxygen atoms in total. The molecule has 1 aromatic rings. The van der Waals surface area contributed by atoms with Gasteiger partial charge in [0, 0.05) is 32.2 Å². The van der Waals surface area contributed by atoms with Crippen molar-refractivity contribution >= 4 is 28.3 Å². The molecule has 0 radical (unpaired) electrons. The number of hydrogen-bond acceptors (Lipinski definition) is 6. The van der Waals surface area contributed by atoms with Crippen molar-refractivity contribution in [2.45, 2.75) is 57.9 Å². The molecule has 2 atom stereocenters. The van der Waals surface area contributed by atoms with Crippen LogP contribution in [-0.4, -0.2) is 60.9 Å². The predicted molar refractivity (Wildman–Crippen MR) is 108 cm³/mol. The highest BCUT2D eigenvalue weighted by Crippen LogP contribution is 2.32. The molecule has 0 aliphatic carbocycles. The standard InChI is InChI=1S/C18H30N4O4S.ClH/c1-12-16(13(2)26-20-12)27(24,25)22-8-5-6-14(10-22)17(23)21-9-7-15(19)18(3,4)11-21;/h14-15H,5-11,19H2,1-4H3;1H. The summed E-state index contributed by atoms with van der Waals surface area (Å²) < 4.78 is 32.6. The maximum atomic E-state index is 13.1. The topological polar surface area (TPSA) is 110 Å². The van der Waals surface area contributed by atoms with Gasteiger partial charge in [-0.05, 0) is 38.5 Å². The second kappa shape index (κ2) is 8.30. The van der Waals surface area contributed by atoms with Crippen LogP contribution < -0.4 is 5.73 Å². The first kappa shape index (κ1) is 23.1. The number of sulfonamides is 1. The largest absolute Gasteiger partial charge is 0.360 e. The van der Waals surface area contributed by atoms with E-state index in [-0.39, 0.29) is 52.9 Å². The van der Waals surface area contributed by atoms with E-state index in [0.717, 1.165) is 6.42 Å². The molecule has 2 N–H and O–H groups in total. The molecule has 0 bridgehead atoms. The van der Waals surface area contributed by atoms with Gasteiger partial charge in [0.2, 0.25) is 15.9 Å². The van der Waals surface area contributed by atoms with Crippen molar-refractivity contribution in [3.63, 3.8) is 0 Å². The molecule has 2 aliphatic rings. The molecule has 160 valence electrons. The summed E-state index contributed by atoms with van der Waals surface area (Å²) in [5.41, 5.74) is 6.40. The molecule has 2 saturated heterocycles. The Balaban J connectivity index is 0.00000280. The molecule has 3 rings (SSSR count). The number of rotatable bonds is 3. The minimum atomic E-state index is -3.72. The number of aryl methyl sites for hydroxylation is 2. The van der Waals surface area contributed by atoms with E-state index in [1.165, 1.54) is 4.31 Å². The molecule has 1 aromatic heterocycles. The Morgan fingerprint density at radius 2 is 1.93 bits per heavy atom. The van der Waals surface area contributed by atoms with Crippen molar-refractivity contribution in [2.75, 3.05) is 26.2 Å². The zero-order valence-electron chi connectivity index (χ0n) is 17.0. The van der Waals surface area contributed by atoms with Gasteiger partial charge in [0.05, 0.1) is 5.92 Å². The Labute approximate surface area is 173 Å². The maximum absolute atomic E-state index is 13.1. The zero-order valence-corrected chi connectivity index (χ0v) is 18.6. The number of likely N-dealkylation sites (tertiary alicyclic amines) is 1. The first-order valence-electron chi connectivity index (χ1n) is 9.51. The lowest BCUT2D eigenvalue weighted by atomic mass is 9.79. The minimum Gasteiger partial charge on any atom is -0.360 e. The van der Waals surface area contributed by atoms with Crippen molar-refractivity contribution in [1.82, 2.24) is 14.4 Å². The van der Waals surface area contributed by atoms with Crippen LogP contribution in [0.4, 0.5) is 0 Å². The first-order valence-corrected chi connectivity index (χ1v) is 11.0. The van der Waals surface area contributed by atoms with Gasteiger partial charge in [-0.15, -0.1) is 12.4 Å². The Morgan fingerprint density at radius 3 is 2.50 bits per heavy atom. The molecular weight excluding hydrogens is 404 g/mol. The highest BCUT2D eigenvalue weighted by molar-refractivity contribution is 7.89. The number of carbonyl (C=O) groups excluding carboxylic acids is 1. The van der Waals surface area contributed by atoms with Gasteiger partial charge in [0.25, 0.3) is 0 Å². The third kappa shape index (κ3) is 4.22. The summed E-state index contributed by atoms with van der Waals surface area (Å²) in [6.45, 7) is 9.23. The van der Waals surface area contributed by atoms with Gasteiger partial charge >= 0.3 is 0 Å². The molecule has 2 unspecified atom stereocenters. The van der Waals surface area contributed by atoms with Crippen molar-refractivity contribution in [3.05, 3.63) is 11.5 Å². The van der Waals surface area contributed by atoms with Gasteiger partial charge in [0.1, 0.15) is 10.6 Å². The van der Waals surface area contributed by atoms with Crippen molar-refractivity contribution in [1.29, 1.82) is 0 Å². The van der Waals surface area contributed by atoms with Crippen LogP contribution in [0.5, 0.6) is 0 Å². The second-order valence-electron chi connectivity index (χ2n) is 8.50. The fraction of sp³-hybridized carbons (Fsp3) is 0.778. The smallest absolute Gasteiger partial charge is 0.248 e. The monoisotopic (exact) mass is 434 g/mol. The second-order valence-corrected chi connectivity index (χ2v) is 10.4. The minimum absolute atomic E-state index is 0. The Bertz CT molecular complexity index is 804. The van der Waals surface area contributed by atoms with E-state index >= 15 is 0 Å². The van der Waals surface area contributed by atoms with Crippen molar-refractivity contribution < 1.29 is 17.7 Å². The molecule has 0 aromatic carbocycles. The van der Waals surface area contributed by atoms with Crippen LogP contribution in [-0.2, 0) is 14.8 Å². The number of halogens is 1. The van der Waals surface area contributed by atoms with Crippen LogP contribution in [0.25, 0.3) is 0 Å². The van der Waals surface area contributed by atoms with Crippen molar-refractivity contribution in [3.8, 4) is 0 Å². The van der Waals surface area contributed by atoms with E-state index in [1.807, 2.05) is 4.90 Å². The molecular formula is C18H31ClN4O4S. The third-order valence-corrected chi connectivity index (χ3v) is 8.03. The number of nitrogens with two attached hydrogens (primary N) is 1. The van der Waals surface area contributed by atoms with Gasteiger partial charge in [-0.25, -0.2) is 8.42 Å². The average Bonchev–Trinajstić information content (AvgIpc) is 2.96. The lowest BCUT2D eigenvalue weighted by molar-refractivity contribution is -0.140. The third-order valence-electron chi connectivity index (χ3n) is 5.92. The number of carbonyl (C=O) groups is 1. The lowest BCUT2D eigenvalue weighted by Crippen LogP contribution is -2.56. The Kier molecular flexibility index (Phi) is 6.85. The summed E-state index contributed by atoms with van der Waals surface area (Å²) in [4.78, 5) is 15.1. The average molecular weight is 435 g/mol. The van der Waals surface area contributed by atoms with E-state index in [1.54, 1.807) is 13.8 Å². The van der Waals surface area contributed by atoms with Crippen LogP contribution in [0, 0.1) is 25.2 Å². The van der Waals surface area contributed by atoms with Gasteiger partial charge in [-0.3, -0.25) is 4.79 Å². The molecule has 2 fully saturated rings. The molecule has 1 amide bonds. The van der Waals surface area contributed by atoms with Crippen molar-refractivity contribution in [2.24, 2.45) is 17.1 Å². The number of hydrogen-bond donors (Lipinski definition) is 1. The van der Waals surface area contributed by atoms with Gasteiger partial charge in [-0.2, -0.15) is 4.31 Å². The van der Waals surface area contributed by atoms with Gasteiger partial charge in [0.15, 0.2) is 5.76 Å². The molecule has 3 heterocycles. The highest BCUT2D eigenvalue weighted by atomic mass is 35.5. The van der Waals surface area contributed by atoms with Crippen LogP contribution in [0.1, 0.15) is 44.6 Å². The summed E-state index contributed by atoms with van der Waals surface area (Å²) in [6.07, 6.45) is 2.14. The first-order chi connectivity index (χ1) is 12.5. The van der Waals surface area contributed by atoms with E-state index in [4.69, 9.17) is 10.3 Å². The summed E-state index contributed by atoms with van der Waals surface area (Å²) in [5.74, 6) is 0.000442. The molecule has 2 aliphatic heterocycles. The zero-order chi connectivity index (χ0) is 20.0. The SMILES string of the molecule is Cc1noc(C)c1S(=O)(=O)N1CCCC(C(=O)N2CCC(N)C(C)(C)C2)C1.Cl. The Morgan fingerprint density at radius 1 is 1.25 bits per heavy atom. The number of piperidine rings is 2. The van der Waals surface area contributed by atoms with Crippen LogP contribution in [0.2, 0.25) is 0 Å². The summed E-state index contributed by atoms with van der Waals surface area (Å²) in [5, 5.41) is 3.76. The van der Waals surface area contributed by atoms with Crippen LogP contribution in [0.15, 0.2) is 9.42 Å². The van der Waals surface area contributed by atoms with Crippen LogP contribution in [0.3, 0.4) is 0 Å². The lowest BCUT2D eigenvalue weighted by Gasteiger charge is -2.44. The molecule has 10 heteroatoms. The normalized spacial score (nSPS) is 26.0. The molecule has 28 heavy (non-hydrogen) atoms. The number of amides is 1. The summed E-state index contributed by atoms with van der Waals surface area (Å²) >= 11 is 0. The number of nitrogens with zero attached hydrogens (tertiary/aromatic N) is 3. The maximum Gasteiger partial charge on any atom is 0.248 e. The van der Waals surface area contributed by atoms with E-state index in [9.17, 15) is 13.2 Å². The Hall–Kier alpha value is -1.16.